The van der Waals surface area contributed by atoms with Gasteiger partial charge in [-0.15, -0.1) is 0 Å². The molecule has 3 rings (SSSR count). The minimum Gasteiger partial charge on any atom is -0.486 e. The van der Waals surface area contributed by atoms with Crippen LogP contribution in [-0.2, 0) is 7.05 Å². The molecule has 1 aliphatic rings. The second kappa shape index (κ2) is 5.40. The fraction of sp³-hybridized carbons (Fsp3) is 0.214. The predicted octanol–water partition coefficient (Wildman–Crippen LogP) is 1.14. The lowest BCUT2D eigenvalue weighted by Gasteiger charge is -2.18. The molecule has 0 fully saturated rings. The van der Waals surface area contributed by atoms with Crippen LogP contribution in [0.2, 0.25) is 0 Å². The van der Waals surface area contributed by atoms with Gasteiger partial charge in [-0.2, -0.15) is 5.10 Å². The number of hydrogen-bond donors (Lipinski definition) is 2. The van der Waals surface area contributed by atoms with Gasteiger partial charge in [-0.05, 0) is 12.1 Å². The number of nitrogens with one attached hydrogen (secondary N) is 1. The number of benzene rings is 1. The molecule has 1 amide bonds. The van der Waals surface area contributed by atoms with Crippen molar-refractivity contribution in [2.24, 2.45) is 7.05 Å². The van der Waals surface area contributed by atoms with Gasteiger partial charge >= 0.3 is 5.97 Å². The van der Waals surface area contributed by atoms with Gasteiger partial charge in [0, 0.05) is 25.0 Å². The standard InChI is InChI=1S/C14H13N3O5/c1-17-7-9(14(19)20)12(16-17)13(18)15-8-2-3-10-11(6-8)22-5-4-21-10/h2-3,6-7H,4-5H2,1H3,(H,15,18)(H,19,20). The van der Waals surface area contributed by atoms with E-state index < -0.39 is 11.9 Å². The van der Waals surface area contributed by atoms with Crippen LogP contribution in [0.1, 0.15) is 20.8 Å². The average molecular weight is 303 g/mol. The molecule has 0 bridgehead atoms. The molecule has 2 N–H and O–H groups in total. The van der Waals surface area contributed by atoms with E-state index in [0.717, 1.165) is 0 Å². The predicted molar refractivity (Wildman–Crippen MR) is 75.6 cm³/mol. The Labute approximate surface area is 125 Å². The molecule has 1 aliphatic heterocycles. The highest BCUT2D eigenvalue weighted by Crippen LogP contribution is 2.32. The van der Waals surface area contributed by atoms with Crippen molar-refractivity contribution < 1.29 is 24.2 Å². The van der Waals surface area contributed by atoms with Crippen LogP contribution in [0.15, 0.2) is 24.4 Å². The average Bonchev–Trinajstić information content (AvgIpc) is 2.89. The van der Waals surface area contributed by atoms with E-state index >= 15 is 0 Å². The van der Waals surface area contributed by atoms with Gasteiger partial charge < -0.3 is 19.9 Å². The zero-order valence-corrected chi connectivity index (χ0v) is 11.7. The zero-order chi connectivity index (χ0) is 15.7. The molecule has 0 atom stereocenters. The van der Waals surface area contributed by atoms with Gasteiger partial charge in [-0.1, -0.05) is 0 Å². The first-order valence-electron chi connectivity index (χ1n) is 6.52. The summed E-state index contributed by atoms with van der Waals surface area (Å²) in [4.78, 5) is 23.3. The number of fused-ring (bicyclic) bond motifs is 1. The van der Waals surface area contributed by atoms with Gasteiger partial charge in [0.25, 0.3) is 5.91 Å². The Morgan fingerprint density at radius 2 is 2.00 bits per heavy atom. The SMILES string of the molecule is Cn1cc(C(=O)O)c(C(=O)Nc2ccc3c(c2)OCCO3)n1. The summed E-state index contributed by atoms with van der Waals surface area (Å²) in [7, 11) is 1.55. The molecular weight excluding hydrogens is 290 g/mol. The number of rotatable bonds is 3. The number of nitrogens with zero attached hydrogens (tertiary/aromatic N) is 2. The highest BCUT2D eigenvalue weighted by atomic mass is 16.6. The molecule has 0 aliphatic carbocycles. The van der Waals surface area contributed by atoms with E-state index in [-0.39, 0.29) is 11.3 Å². The van der Waals surface area contributed by atoms with Crippen molar-refractivity contribution in [1.29, 1.82) is 0 Å². The maximum Gasteiger partial charge on any atom is 0.339 e. The fourth-order valence-electron chi connectivity index (χ4n) is 2.12. The number of amides is 1. The summed E-state index contributed by atoms with van der Waals surface area (Å²) in [6.45, 7) is 0.919. The number of aromatic carboxylic acids is 1. The Kier molecular flexibility index (Phi) is 3.42. The number of aryl methyl sites for hydroxylation is 1. The summed E-state index contributed by atoms with van der Waals surface area (Å²) in [5, 5.41) is 15.6. The Morgan fingerprint density at radius 3 is 2.73 bits per heavy atom. The van der Waals surface area contributed by atoms with Crippen molar-refractivity contribution in [2.75, 3.05) is 18.5 Å². The molecule has 8 heteroatoms. The molecular formula is C14H13N3O5. The maximum atomic E-state index is 12.2. The van der Waals surface area contributed by atoms with Crippen molar-refractivity contribution in [1.82, 2.24) is 9.78 Å². The number of carboxylic acid groups (broad SMARTS) is 1. The van der Waals surface area contributed by atoms with Gasteiger partial charge in [0.2, 0.25) is 0 Å². The van der Waals surface area contributed by atoms with E-state index in [1.807, 2.05) is 0 Å². The first kappa shape index (κ1) is 13.9. The lowest BCUT2D eigenvalue weighted by molar-refractivity contribution is 0.0692. The lowest BCUT2D eigenvalue weighted by Crippen LogP contribution is -2.18. The third kappa shape index (κ3) is 2.58. The summed E-state index contributed by atoms with van der Waals surface area (Å²) in [5.74, 6) is -0.674. The normalized spacial score (nSPS) is 12.8. The van der Waals surface area contributed by atoms with Crippen LogP contribution in [0.5, 0.6) is 11.5 Å². The minimum atomic E-state index is -1.21. The molecule has 2 heterocycles. The Hall–Kier alpha value is -3.03. The number of aromatic nitrogens is 2. The van der Waals surface area contributed by atoms with Crippen LogP contribution < -0.4 is 14.8 Å². The summed E-state index contributed by atoms with van der Waals surface area (Å²) in [6, 6.07) is 4.95. The molecule has 0 radical (unpaired) electrons. The van der Waals surface area contributed by atoms with Crippen molar-refractivity contribution in [3.63, 3.8) is 0 Å². The number of carbonyl (C=O) groups excluding carboxylic acids is 1. The molecule has 22 heavy (non-hydrogen) atoms. The van der Waals surface area contributed by atoms with Crippen LogP contribution in [0.25, 0.3) is 0 Å². The van der Waals surface area contributed by atoms with E-state index in [1.165, 1.54) is 10.9 Å². The molecule has 0 saturated heterocycles. The molecule has 0 saturated carbocycles. The minimum absolute atomic E-state index is 0.148. The van der Waals surface area contributed by atoms with Crippen LogP contribution >= 0.6 is 0 Å². The van der Waals surface area contributed by atoms with Crippen molar-refractivity contribution in [3.05, 3.63) is 35.7 Å². The van der Waals surface area contributed by atoms with Gasteiger partial charge in [0.05, 0.1) is 0 Å². The van der Waals surface area contributed by atoms with Gasteiger partial charge in [-0.3, -0.25) is 9.48 Å². The van der Waals surface area contributed by atoms with Crippen molar-refractivity contribution in [2.45, 2.75) is 0 Å². The van der Waals surface area contributed by atoms with E-state index in [4.69, 9.17) is 14.6 Å². The number of carboxylic acids is 1. The number of carbonyl (C=O) groups is 2. The van der Waals surface area contributed by atoms with Crippen LogP contribution in [0.3, 0.4) is 0 Å². The number of ether oxygens (including phenoxy) is 2. The summed E-state index contributed by atoms with van der Waals surface area (Å²) < 4.78 is 12.1. The highest BCUT2D eigenvalue weighted by Gasteiger charge is 2.21. The Balaban J connectivity index is 1.84. The van der Waals surface area contributed by atoms with Gasteiger partial charge in [0.15, 0.2) is 17.2 Å². The molecule has 0 spiro atoms. The fourth-order valence-corrected chi connectivity index (χ4v) is 2.12. The largest absolute Gasteiger partial charge is 0.486 e. The Bertz CT molecular complexity index is 753. The van der Waals surface area contributed by atoms with Gasteiger partial charge in [0.1, 0.15) is 18.8 Å². The molecule has 0 unspecified atom stereocenters. The first-order valence-corrected chi connectivity index (χ1v) is 6.52. The van der Waals surface area contributed by atoms with Crippen LogP contribution in [0.4, 0.5) is 5.69 Å². The second-order valence-corrected chi connectivity index (χ2v) is 4.68. The number of anilines is 1. The van der Waals surface area contributed by atoms with E-state index in [9.17, 15) is 9.59 Å². The molecule has 8 nitrogen and oxygen atoms in total. The zero-order valence-electron chi connectivity index (χ0n) is 11.7. The second-order valence-electron chi connectivity index (χ2n) is 4.68. The number of hydrogen-bond acceptors (Lipinski definition) is 5. The van der Waals surface area contributed by atoms with Crippen LogP contribution in [0, 0.1) is 0 Å². The van der Waals surface area contributed by atoms with E-state index in [2.05, 4.69) is 10.4 Å². The highest BCUT2D eigenvalue weighted by molar-refractivity contribution is 6.09. The molecule has 1 aromatic heterocycles. The first-order chi connectivity index (χ1) is 10.5. The maximum absolute atomic E-state index is 12.2. The monoisotopic (exact) mass is 303 g/mol. The Morgan fingerprint density at radius 1 is 1.27 bits per heavy atom. The van der Waals surface area contributed by atoms with E-state index in [0.29, 0.717) is 30.4 Å². The summed E-state index contributed by atoms with van der Waals surface area (Å²) in [5.41, 5.74) is 0.165. The van der Waals surface area contributed by atoms with E-state index in [1.54, 1.807) is 25.2 Å². The summed E-state index contributed by atoms with van der Waals surface area (Å²) in [6.07, 6.45) is 1.28. The van der Waals surface area contributed by atoms with Crippen molar-refractivity contribution in [3.8, 4) is 11.5 Å². The molecule has 2 aromatic rings. The van der Waals surface area contributed by atoms with Crippen LogP contribution in [-0.4, -0.2) is 40.0 Å². The summed E-state index contributed by atoms with van der Waals surface area (Å²) >= 11 is 0. The van der Waals surface area contributed by atoms with Gasteiger partial charge in [-0.25, -0.2) is 4.79 Å². The topological polar surface area (TPSA) is 103 Å². The molecule has 114 valence electrons. The molecule has 1 aromatic carbocycles. The third-order valence-electron chi connectivity index (χ3n) is 3.07. The quantitative estimate of drug-likeness (QED) is 0.881. The van der Waals surface area contributed by atoms with Crippen molar-refractivity contribution >= 4 is 17.6 Å². The lowest BCUT2D eigenvalue weighted by atomic mass is 10.2. The third-order valence-corrected chi connectivity index (χ3v) is 3.07. The smallest absolute Gasteiger partial charge is 0.339 e.